The molecular formula is C17H22O3. The molecule has 1 saturated heterocycles. The van der Waals surface area contributed by atoms with E-state index in [1.54, 1.807) is 0 Å². The average molecular weight is 274 g/mol. The topological polar surface area (TPSA) is 38.7 Å². The third-order valence-corrected chi connectivity index (χ3v) is 3.29. The van der Waals surface area contributed by atoms with Crippen LogP contribution in [0.1, 0.15) is 38.7 Å². The summed E-state index contributed by atoms with van der Waals surface area (Å²) in [6, 6.07) is 7.71. The molecule has 1 unspecified atom stereocenters. The zero-order valence-electron chi connectivity index (χ0n) is 12.2. The van der Waals surface area contributed by atoms with Gasteiger partial charge in [0.1, 0.15) is 12.4 Å². The predicted octanol–water partition coefficient (Wildman–Crippen LogP) is 2.76. The van der Waals surface area contributed by atoms with Crippen LogP contribution in [0.25, 0.3) is 0 Å². The maximum absolute atomic E-state index is 8.71. The lowest BCUT2D eigenvalue weighted by atomic mass is 10.1. The van der Waals surface area contributed by atoms with Gasteiger partial charge in [0, 0.05) is 12.0 Å². The summed E-state index contributed by atoms with van der Waals surface area (Å²) in [6.07, 6.45) is 2.79. The molecule has 1 aromatic carbocycles. The van der Waals surface area contributed by atoms with E-state index in [2.05, 4.69) is 25.7 Å². The monoisotopic (exact) mass is 274 g/mol. The van der Waals surface area contributed by atoms with E-state index in [0.717, 1.165) is 24.2 Å². The number of benzene rings is 1. The molecule has 1 heterocycles. The Labute approximate surface area is 120 Å². The van der Waals surface area contributed by atoms with Crippen LogP contribution in [0.4, 0.5) is 0 Å². The first-order valence-electron chi connectivity index (χ1n) is 7.09. The van der Waals surface area contributed by atoms with Crippen molar-refractivity contribution in [3.8, 4) is 17.6 Å². The number of rotatable bonds is 4. The van der Waals surface area contributed by atoms with E-state index in [1.807, 2.05) is 24.3 Å². The number of ether oxygens (including phenoxy) is 2. The maximum atomic E-state index is 8.71. The Morgan fingerprint density at radius 1 is 1.45 bits per heavy atom. The molecule has 0 bridgehead atoms. The summed E-state index contributed by atoms with van der Waals surface area (Å²) in [6.45, 7) is 4.91. The van der Waals surface area contributed by atoms with Crippen LogP contribution in [-0.4, -0.2) is 30.0 Å². The lowest BCUT2D eigenvalue weighted by Gasteiger charge is -2.19. The summed E-state index contributed by atoms with van der Waals surface area (Å²) in [5.74, 6) is 6.73. The van der Waals surface area contributed by atoms with Crippen LogP contribution < -0.4 is 4.74 Å². The second kappa shape index (κ2) is 6.78. The van der Waals surface area contributed by atoms with Gasteiger partial charge in [0.25, 0.3) is 0 Å². The van der Waals surface area contributed by atoms with Crippen LogP contribution in [-0.2, 0) is 4.74 Å². The lowest BCUT2D eigenvalue weighted by molar-refractivity contribution is -0.0326. The zero-order chi connectivity index (χ0) is 14.4. The third kappa shape index (κ3) is 4.56. The molecule has 0 radical (unpaired) electrons. The first-order valence-corrected chi connectivity index (χ1v) is 7.09. The quantitative estimate of drug-likeness (QED) is 0.858. The molecular weight excluding hydrogens is 252 g/mol. The number of aliphatic hydroxyl groups excluding tert-OH is 1. The summed E-state index contributed by atoms with van der Waals surface area (Å²) in [7, 11) is 0. The van der Waals surface area contributed by atoms with Crippen LogP contribution >= 0.6 is 0 Å². The maximum Gasteiger partial charge on any atom is 0.120 e. The Morgan fingerprint density at radius 3 is 3.00 bits per heavy atom. The Kier molecular flexibility index (Phi) is 5.05. The average Bonchev–Trinajstić information content (AvgIpc) is 2.77. The van der Waals surface area contributed by atoms with Crippen LogP contribution in [0.2, 0.25) is 0 Å². The minimum atomic E-state index is -0.0222. The molecule has 0 spiro atoms. The van der Waals surface area contributed by atoms with Gasteiger partial charge in [-0.1, -0.05) is 17.9 Å². The van der Waals surface area contributed by atoms with E-state index in [1.165, 1.54) is 0 Å². The van der Waals surface area contributed by atoms with Gasteiger partial charge < -0.3 is 14.6 Å². The molecule has 20 heavy (non-hydrogen) atoms. The van der Waals surface area contributed by atoms with Gasteiger partial charge in [-0.15, -0.1) is 0 Å². The Morgan fingerprint density at radius 2 is 2.30 bits per heavy atom. The third-order valence-electron chi connectivity index (χ3n) is 3.29. The Balaban J connectivity index is 1.87. The van der Waals surface area contributed by atoms with Gasteiger partial charge in [-0.2, -0.15) is 0 Å². The fourth-order valence-electron chi connectivity index (χ4n) is 2.27. The molecule has 1 aliphatic heterocycles. The SMILES string of the molecule is CC1(C)CCC(COc2cccc(C#CCCO)c2)O1. The molecule has 108 valence electrons. The molecule has 0 saturated carbocycles. The van der Waals surface area contributed by atoms with Gasteiger partial charge in [0.15, 0.2) is 0 Å². The summed E-state index contributed by atoms with van der Waals surface area (Å²) < 4.78 is 11.7. The van der Waals surface area contributed by atoms with E-state index >= 15 is 0 Å². The van der Waals surface area contributed by atoms with Crippen molar-refractivity contribution in [2.24, 2.45) is 0 Å². The molecule has 2 rings (SSSR count). The second-order valence-corrected chi connectivity index (χ2v) is 5.65. The van der Waals surface area contributed by atoms with Crippen LogP contribution in [0.5, 0.6) is 5.75 Å². The molecule has 1 aliphatic rings. The Bertz CT molecular complexity index is 496. The standard InChI is InChI=1S/C17H22O3/c1-17(2)10-9-16(20-17)13-19-15-8-5-7-14(12-15)6-3-4-11-18/h5,7-8,12,16,18H,4,9-11,13H2,1-2H3. The van der Waals surface area contributed by atoms with Crippen LogP contribution in [0.3, 0.4) is 0 Å². The van der Waals surface area contributed by atoms with Gasteiger partial charge in [0.05, 0.1) is 18.3 Å². The van der Waals surface area contributed by atoms with E-state index in [-0.39, 0.29) is 18.3 Å². The lowest BCUT2D eigenvalue weighted by Crippen LogP contribution is -2.23. The minimum Gasteiger partial charge on any atom is -0.491 e. The minimum absolute atomic E-state index is 0.0222. The Hall–Kier alpha value is -1.50. The number of aliphatic hydroxyl groups is 1. The van der Waals surface area contributed by atoms with E-state index in [4.69, 9.17) is 14.6 Å². The summed E-state index contributed by atoms with van der Waals surface area (Å²) >= 11 is 0. The fourth-order valence-corrected chi connectivity index (χ4v) is 2.27. The number of hydrogen-bond donors (Lipinski definition) is 1. The van der Waals surface area contributed by atoms with Crippen molar-refractivity contribution in [1.29, 1.82) is 0 Å². The van der Waals surface area contributed by atoms with E-state index in [9.17, 15) is 0 Å². The van der Waals surface area contributed by atoms with Crippen molar-refractivity contribution in [1.82, 2.24) is 0 Å². The second-order valence-electron chi connectivity index (χ2n) is 5.65. The first kappa shape index (κ1) is 14.9. The molecule has 0 aromatic heterocycles. The highest BCUT2D eigenvalue weighted by molar-refractivity contribution is 5.39. The van der Waals surface area contributed by atoms with Crippen molar-refractivity contribution in [3.05, 3.63) is 29.8 Å². The highest BCUT2D eigenvalue weighted by Crippen LogP contribution is 2.29. The molecule has 1 N–H and O–H groups in total. The smallest absolute Gasteiger partial charge is 0.120 e. The van der Waals surface area contributed by atoms with Crippen LogP contribution in [0, 0.1) is 11.8 Å². The first-order chi connectivity index (χ1) is 9.59. The molecule has 1 atom stereocenters. The van der Waals surface area contributed by atoms with Crippen molar-refractivity contribution in [2.45, 2.75) is 44.8 Å². The van der Waals surface area contributed by atoms with Crippen molar-refractivity contribution < 1.29 is 14.6 Å². The van der Waals surface area contributed by atoms with E-state index < -0.39 is 0 Å². The zero-order valence-corrected chi connectivity index (χ0v) is 12.2. The predicted molar refractivity (Wildman–Crippen MR) is 78.7 cm³/mol. The molecule has 0 aliphatic carbocycles. The largest absolute Gasteiger partial charge is 0.491 e. The highest BCUT2D eigenvalue weighted by atomic mass is 16.6. The van der Waals surface area contributed by atoms with Gasteiger partial charge in [0.2, 0.25) is 0 Å². The molecule has 1 fully saturated rings. The summed E-state index contributed by atoms with van der Waals surface area (Å²) in [4.78, 5) is 0. The normalized spacial score (nSPS) is 20.2. The molecule has 3 heteroatoms. The molecule has 1 aromatic rings. The van der Waals surface area contributed by atoms with Gasteiger partial charge in [-0.3, -0.25) is 0 Å². The number of hydrogen-bond acceptors (Lipinski definition) is 3. The highest BCUT2D eigenvalue weighted by Gasteiger charge is 2.31. The summed E-state index contributed by atoms with van der Waals surface area (Å²) in [5.41, 5.74) is 0.884. The van der Waals surface area contributed by atoms with E-state index in [0.29, 0.717) is 13.0 Å². The van der Waals surface area contributed by atoms with Crippen molar-refractivity contribution >= 4 is 0 Å². The van der Waals surface area contributed by atoms with Gasteiger partial charge in [-0.05, 0) is 44.9 Å². The molecule has 0 amide bonds. The van der Waals surface area contributed by atoms with Gasteiger partial charge >= 0.3 is 0 Å². The van der Waals surface area contributed by atoms with Crippen LogP contribution in [0.15, 0.2) is 24.3 Å². The van der Waals surface area contributed by atoms with Crippen molar-refractivity contribution in [3.63, 3.8) is 0 Å². The van der Waals surface area contributed by atoms with Crippen molar-refractivity contribution in [2.75, 3.05) is 13.2 Å². The van der Waals surface area contributed by atoms with Gasteiger partial charge in [-0.25, -0.2) is 0 Å². The summed E-state index contributed by atoms with van der Waals surface area (Å²) in [5, 5.41) is 8.71. The molecule has 3 nitrogen and oxygen atoms in total. The fraction of sp³-hybridized carbons (Fsp3) is 0.529.